The molecule has 0 aliphatic heterocycles. The van der Waals surface area contributed by atoms with Gasteiger partial charge < -0.3 is 0 Å². The Hall–Kier alpha value is -2.04. The summed E-state index contributed by atoms with van der Waals surface area (Å²) in [5.74, 6) is 4.35. The van der Waals surface area contributed by atoms with Gasteiger partial charge in [0.25, 0.3) is 0 Å². The normalized spacial score (nSPS) is 13.4. The molecule has 0 saturated heterocycles. The van der Waals surface area contributed by atoms with Crippen molar-refractivity contribution in [1.82, 2.24) is 0 Å². The fraction of sp³-hybridized carbons (Fsp3) is 0.360. The van der Waals surface area contributed by atoms with E-state index in [-0.39, 0.29) is 0 Å². The van der Waals surface area contributed by atoms with Gasteiger partial charge in [0.15, 0.2) is 0 Å². The summed E-state index contributed by atoms with van der Waals surface area (Å²) in [6.45, 7) is 15.3. The molecule has 0 bridgehead atoms. The molecule has 0 fully saturated rings. The van der Waals surface area contributed by atoms with Crippen LogP contribution in [0, 0.1) is 24.3 Å². The third-order valence-corrected chi connectivity index (χ3v) is 5.34. The van der Waals surface area contributed by atoms with Gasteiger partial charge in [0.2, 0.25) is 0 Å². The van der Waals surface area contributed by atoms with Gasteiger partial charge in [-0.2, -0.15) is 0 Å². The fourth-order valence-electron chi connectivity index (χ4n) is 3.17. The van der Waals surface area contributed by atoms with Gasteiger partial charge in [0.05, 0.1) is 0 Å². The molecule has 0 nitrogen and oxygen atoms in total. The fourth-order valence-corrected chi connectivity index (χ4v) is 3.80. The first-order chi connectivity index (χ1) is 12.2. The Balaban J connectivity index is 2.37. The van der Waals surface area contributed by atoms with Crippen LogP contribution in [-0.4, -0.2) is 8.07 Å². The second kappa shape index (κ2) is 9.06. The van der Waals surface area contributed by atoms with Crippen LogP contribution in [0.4, 0.5) is 0 Å². The van der Waals surface area contributed by atoms with Crippen LogP contribution >= 0.6 is 0 Å². The van der Waals surface area contributed by atoms with Crippen molar-refractivity contribution in [2.24, 2.45) is 5.92 Å². The maximum Gasteiger partial charge on any atom is 0.129 e. The molecule has 0 saturated carbocycles. The summed E-state index contributed by atoms with van der Waals surface area (Å²) in [7, 11) is -1.38. The van der Waals surface area contributed by atoms with Gasteiger partial charge in [-0.25, -0.2) is 0 Å². The lowest BCUT2D eigenvalue weighted by atomic mass is 9.82. The summed E-state index contributed by atoms with van der Waals surface area (Å²) in [6.07, 6.45) is 2.02. The summed E-state index contributed by atoms with van der Waals surface area (Å²) in [6, 6.07) is 19.8. The molecule has 0 aromatic heterocycles. The Morgan fingerprint density at radius 3 is 2.08 bits per heavy atom. The van der Waals surface area contributed by atoms with E-state index in [1.807, 2.05) is 0 Å². The minimum atomic E-state index is -1.38. The van der Waals surface area contributed by atoms with Crippen molar-refractivity contribution in [3.63, 3.8) is 0 Å². The number of rotatable bonds is 6. The zero-order chi connectivity index (χ0) is 19.2. The van der Waals surface area contributed by atoms with Gasteiger partial charge in [-0.3, -0.25) is 0 Å². The smallest absolute Gasteiger partial charge is 0.129 e. The highest BCUT2D eigenvalue weighted by Gasteiger charge is 2.20. The molecule has 0 spiro atoms. The Labute approximate surface area is 161 Å². The minimum absolute atomic E-state index is 0.353. The SMILES string of the molecule is C=C(C)CC(C#C[Si](C)(C)C)CC(c1ccccc1)c1ccc(C)cc1. The van der Waals surface area contributed by atoms with E-state index in [0.29, 0.717) is 11.8 Å². The number of hydrogen-bond donors (Lipinski definition) is 0. The first-order valence-electron chi connectivity index (χ1n) is 9.53. The molecule has 0 aliphatic rings. The van der Waals surface area contributed by atoms with Crippen molar-refractivity contribution in [3.05, 3.63) is 83.4 Å². The lowest BCUT2D eigenvalue weighted by molar-refractivity contribution is 0.559. The van der Waals surface area contributed by atoms with Crippen LogP contribution in [0.25, 0.3) is 0 Å². The summed E-state index contributed by atoms with van der Waals surface area (Å²) < 4.78 is 0. The van der Waals surface area contributed by atoms with Crippen molar-refractivity contribution >= 4 is 8.07 Å². The molecule has 136 valence electrons. The maximum atomic E-state index is 4.15. The highest BCUT2D eigenvalue weighted by atomic mass is 28.3. The Kier molecular flexibility index (Phi) is 7.06. The average Bonchev–Trinajstić information content (AvgIpc) is 2.58. The molecule has 0 radical (unpaired) electrons. The van der Waals surface area contributed by atoms with E-state index >= 15 is 0 Å². The monoisotopic (exact) mass is 360 g/mol. The largest absolute Gasteiger partial charge is 0.132 e. The zero-order valence-electron chi connectivity index (χ0n) is 17.0. The van der Waals surface area contributed by atoms with Gasteiger partial charge >= 0.3 is 0 Å². The molecule has 0 aliphatic carbocycles. The molecule has 2 unspecified atom stereocenters. The first kappa shape index (κ1) is 20.3. The standard InChI is InChI=1S/C25H32Si/c1-20(2)18-22(16-17-26(4,5)6)19-25(23-10-8-7-9-11-23)24-14-12-21(3)13-15-24/h7-15,22,25H,1,18-19H2,2-6H3. The Morgan fingerprint density at radius 2 is 1.54 bits per heavy atom. The molecule has 0 N–H and O–H groups in total. The van der Waals surface area contributed by atoms with Crippen LogP contribution in [-0.2, 0) is 0 Å². The molecule has 2 aromatic carbocycles. The van der Waals surface area contributed by atoms with Gasteiger partial charge in [0.1, 0.15) is 8.07 Å². The van der Waals surface area contributed by atoms with Gasteiger partial charge in [-0.1, -0.05) is 85.4 Å². The number of hydrogen-bond acceptors (Lipinski definition) is 0. The van der Waals surface area contributed by atoms with Crippen LogP contribution in [0.1, 0.15) is 42.4 Å². The van der Waals surface area contributed by atoms with E-state index < -0.39 is 8.07 Å². The first-order valence-corrected chi connectivity index (χ1v) is 13.0. The van der Waals surface area contributed by atoms with E-state index in [1.54, 1.807) is 0 Å². The second-order valence-corrected chi connectivity index (χ2v) is 13.2. The molecule has 0 heterocycles. The van der Waals surface area contributed by atoms with Gasteiger partial charge in [-0.15, -0.1) is 18.0 Å². The van der Waals surface area contributed by atoms with Crippen LogP contribution in [0.2, 0.25) is 19.6 Å². The molecule has 1 heteroatoms. The summed E-state index contributed by atoms with van der Waals surface area (Å²) in [4.78, 5) is 0. The van der Waals surface area contributed by atoms with Gasteiger partial charge in [-0.05, 0) is 37.8 Å². The molecule has 2 atom stereocenters. The molecular formula is C25H32Si. The molecule has 2 aromatic rings. The van der Waals surface area contributed by atoms with E-state index in [4.69, 9.17) is 0 Å². The summed E-state index contributed by atoms with van der Waals surface area (Å²) in [5.41, 5.74) is 8.87. The highest BCUT2D eigenvalue weighted by Crippen LogP contribution is 2.33. The van der Waals surface area contributed by atoms with E-state index in [1.165, 1.54) is 22.3 Å². The average molecular weight is 361 g/mol. The molecule has 2 rings (SSSR count). The van der Waals surface area contributed by atoms with Crippen molar-refractivity contribution in [2.75, 3.05) is 0 Å². The van der Waals surface area contributed by atoms with Crippen LogP contribution in [0.15, 0.2) is 66.7 Å². The summed E-state index contributed by atoms with van der Waals surface area (Å²) >= 11 is 0. The predicted octanol–water partition coefficient (Wildman–Crippen LogP) is 6.98. The Bertz CT molecular complexity index is 767. The second-order valence-electron chi connectivity index (χ2n) is 8.49. The van der Waals surface area contributed by atoms with Crippen LogP contribution in [0.5, 0.6) is 0 Å². The van der Waals surface area contributed by atoms with E-state index in [0.717, 1.165) is 12.8 Å². The number of aryl methyl sites for hydroxylation is 1. The van der Waals surface area contributed by atoms with Crippen molar-refractivity contribution in [2.45, 2.75) is 52.2 Å². The topological polar surface area (TPSA) is 0 Å². The number of allylic oxidation sites excluding steroid dienone is 1. The molecular weight excluding hydrogens is 328 g/mol. The lowest BCUT2D eigenvalue weighted by Crippen LogP contribution is -2.17. The quantitative estimate of drug-likeness (QED) is 0.296. The third kappa shape index (κ3) is 6.69. The van der Waals surface area contributed by atoms with Crippen molar-refractivity contribution in [3.8, 4) is 11.5 Å². The van der Waals surface area contributed by atoms with Crippen molar-refractivity contribution < 1.29 is 0 Å². The highest BCUT2D eigenvalue weighted by molar-refractivity contribution is 6.83. The maximum absolute atomic E-state index is 4.15. The molecule has 26 heavy (non-hydrogen) atoms. The number of benzene rings is 2. The minimum Gasteiger partial charge on any atom is -0.132 e. The van der Waals surface area contributed by atoms with Crippen LogP contribution < -0.4 is 0 Å². The zero-order valence-corrected chi connectivity index (χ0v) is 18.0. The van der Waals surface area contributed by atoms with Gasteiger partial charge in [0, 0.05) is 11.8 Å². The van der Waals surface area contributed by atoms with Crippen molar-refractivity contribution in [1.29, 1.82) is 0 Å². The summed E-state index contributed by atoms with van der Waals surface area (Å²) in [5, 5.41) is 0. The lowest BCUT2D eigenvalue weighted by Gasteiger charge is -2.22. The van der Waals surface area contributed by atoms with E-state index in [9.17, 15) is 0 Å². The van der Waals surface area contributed by atoms with E-state index in [2.05, 4.69) is 106 Å². The molecule has 0 amide bonds. The third-order valence-electron chi connectivity index (χ3n) is 4.45. The predicted molar refractivity (Wildman–Crippen MR) is 118 cm³/mol. The van der Waals surface area contributed by atoms with Crippen LogP contribution in [0.3, 0.4) is 0 Å². The Morgan fingerprint density at radius 1 is 0.962 bits per heavy atom.